The summed E-state index contributed by atoms with van der Waals surface area (Å²) in [6.45, 7) is 6.35. The number of tetrazole rings is 1. The Morgan fingerprint density at radius 3 is 2.73 bits per heavy atom. The molecule has 0 saturated carbocycles. The van der Waals surface area contributed by atoms with Crippen molar-refractivity contribution in [3.8, 4) is 11.4 Å². The van der Waals surface area contributed by atoms with Crippen LogP contribution < -0.4 is 0 Å². The van der Waals surface area contributed by atoms with Gasteiger partial charge in [0, 0.05) is 5.56 Å². The minimum Gasteiger partial charge on any atom is -0.160 e. The molecular formula is C11H12N4. The molecule has 0 bridgehead atoms. The third kappa shape index (κ3) is 2.28. The predicted molar refractivity (Wildman–Crippen MR) is 58.1 cm³/mol. The van der Waals surface area contributed by atoms with Crippen LogP contribution in [0.1, 0.15) is 6.92 Å². The molecule has 0 radical (unpaired) electrons. The van der Waals surface area contributed by atoms with Gasteiger partial charge >= 0.3 is 0 Å². The van der Waals surface area contributed by atoms with E-state index >= 15 is 0 Å². The molecule has 2 rings (SSSR count). The molecule has 4 nitrogen and oxygen atoms in total. The highest BCUT2D eigenvalue weighted by Gasteiger charge is 2.04. The van der Waals surface area contributed by atoms with E-state index in [-0.39, 0.29) is 0 Å². The first-order valence-electron chi connectivity index (χ1n) is 4.73. The predicted octanol–water partition coefficient (Wildman–Crippen LogP) is 1.92. The zero-order valence-electron chi connectivity index (χ0n) is 8.59. The molecule has 76 valence electrons. The van der Waals surface area contributed by atoms with Crippen molar-refractivity contribution < 1.29 is 0 Å². The van der Waals surface area contributed by atoms with Crippen molar-refractivity contribution in [3.05, 3.63) is 42.5 Å². The number of rotatable bonds is 3. The van der Waals surface area contributed by atoms with E-state index in [2.05, 4.69) is 22.0 Å². The monoisotopic (exact) mass is 200 g/mol. The number of hydrogen-bond donors (Lipinski definition) is 0. The van der Waals surface area contributed by atoms with Crippen LogP contribution in [0.25, 0.3) is 11.4 Å². The molecule has 0 fully saturated rings. The lowest BCUT2D eigenvalue weighted by Crippen LogP contribution is -2.02. The summed E-state index contributed by atoms with van der Waals surface area (Å²) in [5.41, 5.74) is 1.98. The van der Waals surface area contributed by atoms with E-state index in [0.717, 1.165) is 11.1 Å². The van der Waals surface area contributed by atoms with Crippen LogP contribution in [0.2, 0.25) is 0 Å². The van der Waals surface area contributed by atoms with Gasteiger partial charge in [-0.05, 0) is 12.1 Å². The normalized spacial score (nSPS) is 10.2. The molecule has 0 unspecified atom stereocenters. The van der Waals surface area contributed by atoms with Crippen LogP contribution in [-0.2, 0) is 6.54 Å². The second kappa shape index (κ2) is 4.04. The summed E-state index contributed by atoms with van der Waals surface area (Å²) >= 11 is 0. The molecule has 0 amide bonds. The molecule has 4 heteroatoms. The van der Waals surface area contributed by atoms with Gasteiger partial charge in [-0.1, -0.05) is 42.5 Å². The zero-order chi connectivity index (χ0) is 10.7. The first-order valence-corrected chi connectivity index (χ1v) is 4.73. The molecule has 2 aromatic rings. The third-order valence-electron chi connectivity index (χ3n) is 1.90. The molecule has 0 aliphatic rings. The van der Waals surface area contributed by atoms with Crippen LogP contribution in [0.15, 0.2) is 42.5 Å². The van der Waals surface area contributed by atoms with Crippen molar-refractivity contribution in [2.75, 3.05) is 0 Å². The molecule has 0 N–H and O–H groups in total. The standard InChI is InChI=1S/C11H12N4/c1-9(2)8-15-13-11(12-14-15)10-6-4-3-5-7-10/h3-7H,1,8H2,2H3. The number of nitrogens with zero attached hydrogens (tertiary/aromatic N) is 4. The topological polar surface area (TPSA) is 43.6 Å². The van der Waals surface area contributed by atoms with Gasteiger partial charge in [-0.3, -0.25) is 0 Å². The summed E-state index contributed by atoms with van der Waals surface area (Å²) in [5.74, 6) is 0.650. The van der Waals surface area contributed by atoms with Gasteiger partial charge < -0.3 is 0 Å². The fraction of sp³-hybridized carbons (Fsp3) is 0.182. The minimum absolute atomic E-state index is 0.611. The largest absolute Gasteiger partial charge is 0.204 e. The van der Waals surface area contributed by atoms with Crippen molar-refractivity contribution in [1.82, 2.24) is 20.2 Å². The second-order valence-corrected chi connectivity index (χ2v) is 3.47. The molecule has 0 aliphatic heterocycles. The Kier molecular flexibility index (Phi) is 2.58. The Bertz CT molecular complexity index is 458. The average molecular weight is 200 g/mol. The molecule has 15 heavy (non-hydrogen) atoms. The Balaban J connectivity index is 2.24. The van der Waals surface area contributed by atoms with Crippen molar-refractivity contribution in [2.24, 2.45) is 0 Å². The molecular weight excluding hydrogens is 188 g/mol. The summed E-state index contributed by atoms with van der Waals surface area (Å²) < 4.78 is 0. The van der Waals surface area contributed by atoms with Gasteiger partial charge in [-0.2, -0.15) is 4.80 Å². The van der Waals surface area contributed by atoms with Crippen molar-refractivity contribution in [2.45, 2.75) is 13.5 Å². The maximum Gasteiger partial charge on any atom is 0.204 e. The second-order valence-electron chi connectivity index (χ2n) is 3.47. The van der Waals surface area contributed by atoms with Gasteiger partial charge in [0.1, 0.15) is 0 Å². The summed E-state index contributed by atoms with van der Waals surface area (Å²) in [4.78, 5) is 1.55. The number of allylic oxidation sites excluding steroid dienone is 1. The lowest BCUT2D eigenvalue weighted by molar-refractivity contribution is 0.567. The van der Waals surface area contributed by atoms with Gasteiger partial charge in [0.25, 0.3) is 0 Å². The Morgan fingerprint density at radius 1 is 1.33 bits per heavy atom. The Morgan fingerprint density at radius 2 is 2.07 bits per heavy atom. The van der Waals surface area contributed by atoms with E-state index in [1.54, 1.807) is 4.80 Å². The molecule has 0 saturated heterocycles. The van der Waals surface area contributed by atoms with Crippen LogP contribution in [0.3, 0.4) is 0 Å². The van der Waals surface area contributed by atoms with Crippen molar-refractivity contribution >= 4 is 0 Å². The van der Waals surface area contributed by atoms with Crippen LogP contribution in [0.5, 0.6) is 0 Å². The van der Waals surface area contributed by atoms with Gasteiger partial charge in [0.2, 0.25) is 5.82 Å². The van der Waals surface area contributed by atoms with E-state index in [9.17, 15) is 0 Å². The fourth-order valence-electron chi connectivity index (χ4n) is 1.25. The zero-order valence-corrected chi connectivity index (χ0v) is 8.59. The van der Waals surface area contributed by atoms with Crippen LogP contribution >= 0.6 is 0 Å². The SMILES string of the molecule is C=C(C)Cn1nnc(-c2ccccc2)n1. The van der Waals surface area contributed by atoms with E-state index in [4.69, 9.17) is 0 Å². The highest BCUT2D eigenvalue weighted by atomic mass is 15.6. The van der Waals surface area contributed by atoms with Gasteiger partial charge in [0.15, 0.2) is 0 Å². The van der Waals surface area contributed by atoms with E-state index in [1.165, 1.54) is 0 Å². The van der Waals surface area contributed by atoms with Crippen molar-refractivity contribution in [1.29, 1.82) is 0 Å². The molecule has 1 aromatic carbocycles. The Hall–Kier alpha value is -1.97. The first-order chi connectivity index (χ1) is 7.25. The van der Waals surface area contributed by atoms with Crippen LogP contribution in [-0.4, -0.2) is 20.2 Å². The average Bonchev–Trinajstić information content (AvgIpc) is 2.67. The highest BCUT2D eigenvalue weighted by molar-refractivity contribution is 5.52. The lowest BCUT2D eigenvalue weighted by atomic mass is 10.2. The first kappa shape index (κ1) is 9.58. The maximum atomic E-state index is 4.25. The molecule has 0 atom stereocenters. The summed E-state index contributed by atoms with van der Waals surface area (Å²) in [6, 6.07) is 9.79. The number of benzene rings is 1. The minimum atomic E-state index is 0.611. The van der Waals surface area contributed by atoms with E-state index in [1.807, 2.05) is 37.3 Å². The van der Waals surface area contributed by atoms with Gasteiger partial charge in [-0.15, -0.1) is 10.2 Å². The van der Waals surface area contributed by atoms with Crippen LogP contribution in [0, 0.1) is 0 Å². The summed E-state index contributed by atoms with van der Waals surface area (Å²) in [5, 5.41) is 12.2. The number of aromatic nitrogens is 4. The van der Waals surface area contributed by atoms with E-state index in [0.29, 0.717) is 12.4 Å². The summed E-state index contributed by atoms with van der Waals surface area (Å²) in [7, 11) is 0. The van der Waals surface area contributed by atoms with Crippen molar-refractivity contribution in [3.63, 3.8) is 0 Å². The van der Waals surface area contributed by atoms with Gasteiger partial charge in [-0.25, -0.2) is 0 Å². The highest BCUT2D eigenvalue weighted by Crippen LogP contribution is 2.11. The molecule has 0 spiro atoms. The maximum absolute atomic E-state index is 4.25. The lowest BCUT2D eigenvalue weighted by Gasteiger charge is -1.95. The molecule has 1 aromatic heterocycles. The molecule has 0 aliphatic carbocycles. The quantitative estimate of drug-likeness (QED) is 0.711. The van der Waals surface area contributed by atoms with Crippen LogP contribution in [0.4, 0.5) is 0 Å². The van der Waals surface area contributed by atoms with Gasteiger partial charge in [0.05, 0.1) is 6.54 Å². The van der Waals surface area contributed by atoms with E-state index < -0.39 is 0 Å². The number of hydrogen-bond acceptors (Lipinski definition) is 3. The fourth-order valence-corrected chi connectivity index (χ4v) is 1.25. The smallest absolute Gasteiger partial charge is 0.160 e. The Labute approximate surface area is 88.2 Å². The third-order valence-corrected chi connectivity index (χ3v) is 1.90. The molecule has 1 heterocycles. The summed E-state index contributed by atoms with van der Waals surface area (Å²) in [6.07, 6.45) is 0.